The minimum atomic E-state index is -3.91. The summed E-state index contributed by atoms with van der Waals surface area (Å²) in [4.78, 5) is 32.1. The van der Waals surface area contributed by atoms with Crippen LogP contribution in [0.2, 0.25) is 0 Å². The van der Waals surface area contributed by atoms with Crippen LogP contribution < -0.4 is 10.0 Å². The normalized spacial score (nSPS) is 11.2. The molecular weight excluding hydrogens is 404 g/mol. The molecule has 1 amide bonds. The van der Waals surface area contributed by atoms with Crippen LogP contribution in [0.15, 0.2) is 40.9 Å². The molecule has 2 heterocycles. The molecule has 0 fully saturated rings. The minimum absolute atomic E-state index is 0.0520. The maximum Gasteiger partial charge on any atom is 0.339 e. The number of ether oxygens (including phenoxy) is 1. The van der Waals surface area contributed by atoms with Crippen LogP contribution in [0.25, 0.3) is 10.2 Å². The SMILES string of the molecule is CCOC(=O)c1csc2ncnc(Nc3ccc(S(=O)(=O)NC(C)=O)cc3)c12. The summed E-state index contributed by atoms with van der Waals surface area (Å²) in [5.74, 6) is -0.746. The van der Waals surface area contributed by atoms with Crippen molar-refractivity contribution < 1.29 is 22.7 Å². The number of thiophene rings is 1. The van der Waals surface area contributed by atoms with Crippen molar-refractivity contribution >= 4 is 55.0 Å². The molecule has 0 unspecified atom stereocenters. The van der Waals surface area contributed by atoms with Crippen molar-refractivity contribution in [2.24, 2.45) is 0 Å². The number of rotatable bonds is 6. The summed E-state index contributed by atoms with van der Waals surface area (Å²) in [6.07, 6.45) is 1.37. The van der Waals surface area contributed by atoms with Crippen molar-refractivity contribution in [2.75, 3.05) is 11.9 Å². The number of sulfonamides is 1. The van der Waals surface area contributed by atoms with Crippen molar-refractivity contribution in [3.63, 3.8) is 0 Å². The number of fused-ring (bicyclic) bond motifs is 1. The second kappa shape index (κ2) is 7.90. The molecule has 0 atom stereocenters. The number of aromatic nitrogens is 2. The molecule has 0 radical (unpaired) electrons. The second-order valence-corrected chi connectivity index (χ2v) is 8.12. The van der Waals surface area contributed by atoms with Crippen molar-refractivity contribution in [2.45, 2.75) is 18.7 Å². The predicted octanol–water partition coefficient (Wildman–Crippen LogP) is 2.44. The van der Waals surface area contributed by atoms with E-state index in [9.17, 15) is 18.0 Å². The fourth-order valence-electron chi connectivity index (χ4n) is 2.43. The van der Waals surface area contributed by atoms with Gasteiger partial charge in [-0.2, -0.15) is 0 Å². The Kier molecular flexibility index (Phi) is 5.56. The van der Waals surface area contributed by atoms with Gasteiger partial charge in [0.15, 0.2) is 0 Å². The second-order valence-electron chi connectivity index (χ2n) is 5.58. The Morgan fingerprint density at radius 3 is 2.54 bits per heavy atom. The monoisotopic (exact) mass is 420 g/mol. The zero-order valence-corrected chi connectivity index (χ0v) is 16.6. The number of anilines is 2. The average molecular weight is 420 g/mol. The molecule has 0 spiro atoms. The third-order valence-corrected chi connectivity index (χ3v) is 5.91. The molecule has 2 N–H and O–H groups in total. The summed E-state index contributed by atoms with van der Waals surface area (Å²) in [5, 5.41) is 5.24. The Morgan fingerprint density at radius 1 is 1.18 bits per heavy atom. The van der Waals surface area contributed by atoms with Crippen molar-refractivity contribution in [3.05, 3.63) is 41.5 Å². The Morgan fingerprint density at radius 2 is 1.89 bits per heavy atom. The van der Waals surface area contributed by atoms with Crippen LogP contribution in [-0.4, -0.2) is 36.9 Å². The highest BCUT2D eigenvalue weighted by Crippen LogP contribution is 2.31. The van der Waals surface area contributed by atoms with Gasteiger partial charge in [0.2, 0.25) is 5.91 Å². The smallest absolute Gasteiger partial charge is 0.339 e. The van der Waals surface area contributed by atoms with E-state index in [2.05, 4.69) is 15.3 Å². The fourth-order valence-corrected chi connectivity index (χ4v) is 4.30. The molecule has 0 bridgehead atoms. The van der Waals surface area contributed by atoms with Gasteiger partial charge in [-0.25, -0.2) is 27.9 Å². The largest absolute Gasteiger partial charge is 0.462 e. The number of esters is 1. The summed E-state index contributed by atoms with van der Waals surface area (Å²) in [6, 6.07) is 5.76. The number of hydrogen-bond acceptors (Lipinski definition) is 9. The number of nitrogens with one attached hydrogen (secondary N) is 2. The summed E-state index contributed by atoms with van der Waals surface area (Å²) >= 11 is 1.29. The van der Waals surface area contributed by atoms with Crippen molar-refractivity contribution in [1.82, 2.24) is 14.7 Å². The minimum Gasteiger partial charge on any atom is -0.462 e. The van der Waals surface area contributed by atoms with Gasteiger partial charge >= 0.3 is 5.97 Å². The summed E-state index contributed by atoms with van der Waals surface area (Å²) in [7, 11) is -3.91. The summed E-state index contributed by atoms with van der Waals surface area (Å²) < 4.78 is 31.0. The Labute approximate surface area is 164 Å². The van der Waals surface area contributed by atoms with Crippen LogP contribution in [0.3, 0.4) is 0 Å². The number of benzene rings is 1. The van der Waals surface area contributed by atoms with E-state index >= 15 is 0 Å². The molecule has 3 rings (SSSR count). The summed E-state index contributed by atoms with van der Waals surface area (Å²) in [5.41, 5.74) is 0.901. The van der Waals surface area contributed by atoms with Gasteiger partial charge in [-0.1, -0.05) is 0 Å². The maximum atomic E-state index is 12.2. The molecule has 146 valence electrons. The van der Waals surface area contributed by atoms with Gasteiger partial charge in [-0.05, 0) is 31.2 Å². The first-order valence-corrected chi connectivity index (χ1v) is 10.5. The van der Waals surface area contributed by atoms with Crippen LogP contribution in [0.4, 0.5) is 11.5 Å². The molecule has 28 heavy (non-hydrogen) atoms. The lowest BCUT2D eigenvalue weighted by molar-refractivity contribution is -0.117. The topological polar surface area (TPSA) is 127 Å². The van der Waals surface area contributed by atoms with E-state index in [4.69, 9.17) is 4.74 Å². The highest BCUT2D eigenvalue weighted by atomic mass is 32.2. The van der Waals surface area contributed by atoms with Crippen LogP contribution in [0, 0.1) is 0 Å². The third-order valence-electron chi connectivity index (χ3n) is 3.57. The van der Waals surface area contributed by atoms with Crippen LogP contribution in [0.5, 0.6) is 0 Å². The van der Waals surface area contributed by atoms with Gasteiger partial charge in [-0.15, -0.1) is 11.3 Å². The van der Waals surface area contributed by atoms with Gasteiger partial charge < -0.3 is 10.1 Å². The van der Waals surface area contributed by atoms with E-state index in [1.54, 1.807) is 12.3 Å². The third kappa shape index (κ3) is 4.10. The van der Waals surface area contributed by atoms with Crippen molar-refractivity contribution in [3.8, 4) is 0 Å². The molecule has 0 saturated carbocycles. The molecule has 2 aromatic heterocycles. The van der Waals surface area contributed by atoms with Gasteiger partial charge in [-0.3, -0.25) is 4.79 Å². The zero-order valence-electron chi connectivity index (χ0n) is 14.9. The first-order chi connectivity index (χ1) is 13.3. The maximum absolute atomic E-state index is 12.2. The van der Waals surface area contributed by atoms with E-state index < -0.39 is 21.9 Å². The van der Waals surface area contributed by atoms with E-state index in [1.807, 2.05) is 4.72 Å². The lowest BCUT2D eigenvalue weighted by Gasteiger charge is -2.09. The van der Waals surface area contributed by atoms with E-state index in [0.717, 1.165) is 6.92 Å². The van der Waals surface area contributed by atoms with Crippen LogP contribution >= 0.6 is 11.3 Å². The molecule has 0 aliphatic rings. The van der Waals surface area contributed by atoms with E-state index in [-0.39, 0.29) is 11.5 Å². The first-order valence-electron chi connectivity index (χ1n) is 8.11. The predicted molar refractivity (Wildman–Crippen MR) is 104 cm³/mol. The van der Waals surface area contributed by atoms with E-state index in [0.29, 0.717) is 27.3 Å². The Balaban J connectivity index is 1.92. The lowest BCUT2D eigenvalue weighted by atomic mass is 10.2. The summed E-state index contributed by atoms with van der Waals surface area (Å²) in [6.45, 7) is 3.09. The number of nitrogens with zero attached hydrogens (tertiary/aromatic N) is 2. The van der Waals surface area contributed by atoms with Gasteiger partial charge in [0.1, 0.15) is 17.0 Å². The highest BCUT2D eigenvalue weighted by molar-refractivity contribution is 7.90. The zero-order chi connectivity index (χ0) is 20.3. The van der Waals surface area contributed by atoms with Crippen LogP contribution in [-0.2, 0) is 19.6 Å². The quantitative estimate of drug-likeness (QED) is 0.582. The molecule has 11 heteroatoms. The molecule has 0 aliphatic heterocycles. The van der Waals surface area contributed by atoms with Crippen molar-refractivity contribution in [1.29, 1.82) is 0 Å². The fraction of sp³-hybridized carbons (Fsp3) is 0.176. The van der Waals surface area contributed by atoms with Gasteiger partial charge in [0.25, 0.3) is 10.0 Å². The number of carbonyl (C=O) groups is 2. The van der Waals surface area contributed by atoms with E-state index in [1.165, 1.54) is 41.9 Å². The molecule has 9 nitrogen and oxygen atoms in total. The average Bonchev–Trinajstić information content (AvgIpc) is 3.07. The molecule has 3 aromatic rings. The first kappa shape index (κ1) is 19.7. The lowest BCUT2D eigenvalue weighted by Crippen LogP contribution is -2.28. The van der Waals surface area contributed by atoms with Gasteiger partial charge in [0, 0.05) is 18.0 Å². The number of carbonyl (C=O) groups excluding carboxylic acids is 2. The molecular formula is C17H16N4O5S2. The highest BCUT2D eigenvalue weighted by Gasteiger charge is 2.19. The molecule has 1 aromatic carbocycles. The van der Waals surface area contributed by atoms with Crippen LogP contribution in [0.1, 0.15) is 24.2 Å². The Hall–Kier alpha value is -3.05. The standard InChI is InChI=1S/C17H16N4O5S2/c1-3-26-17(23)13-8-27-16-14(13)15(18-9-19-16)20-11-4-6-12(7-5-11)28(24,25)21-10(2)22/h4-9H,3H2,1-2H3,(H,21,22)(H,18,19,20). The van der Waals surface area contributed by atoms with Gasteiger partial charge in [0.05, 0.1) is 22.5 Å². The molecule has 0 aliphatic carbocycles. The number of amides is 1. The Bertz CT molecular complexity index is 1140. The number of hydrogen-bond donors (Lipinski definition) is 2. The molecule has 0 saturated heterocycles.